The lowest BCUT2D eigenvalue weighted by Crippen LogP contribution is -2.05. The SMILES string of the molecule is Cc1ccccc1-c1cc(-n2c(-c3ccccc3)nnc2C(C)C)ccc1C. The molecule has 0 aliphatic rings. The van der Waals surface area contributed by atoms with Crippen LogP contribution in [0.15, 0.2) is 72.8 Å². The third-order valence-corrected chi connectivity index (χ3v) is 5.15. The van der Waals surface area contributed by atoms with Crippen molar-refractivity contribution in [3.8, 4) is 28.2 Å². The van der Waals surface area contributed by atoms with Gasteiger partial charge in [-0.1, -0.05) is 74.5 Å². The number of aromatic nitrogens is 3. The van der Waals surface area contributed by atoms with Gasteiger partial charge in [0.05, 0.1) is 0 Å². The average Bonchev–Trinajstić information content (AvgIpc) is 3.15. The molecule has 0 amide bonds. The molecule has 0 bridgehead atoms. The minimum Gasteiger partial charge on any atom is -0.279 e. The van der Waals surface area contributed by atoms with Crippen molar-refractivity contribution in [2.75, 3.05) is 0 Å². The van der Waals surface area contributed by atoms with Gasteiger partial charge in [0.15, 0.2) is 5.82 Å². The van der Waals surface area contributed by atoms with Crippen LogP contribution in [-0.2, 0) is 0 Å². The Bertz CT molecular complexity index is 1110. The molecule has 0 unspecified atom stereocenters. The minimum atomic E-state index is 0.271. The monoisotopic (exact) mass is 367 g/mol. The van der Waals surface area contributed by atoms with Gasteiger partial charge in [-0.2, -0.15) is 0 Å². The second-order valence-corrected chi connectivity index (χ2v) is 7.55. The largest absolute Gasteiger partial charge is 0.279 e. The standard InChI is InChI=1S/C25H25N3/c1-17(2)24-26-27-25(20-11-6-5-7-12-20)28(24)21-15-14-19(4)23(16-21)22-13-9-8-10-18(22)3/h5-17H,1-4H3. The molecule has 0 atom stereocenters. The molecule has 0 radical (unpaired) electrons. The molecule has 0 aliphatic carbocycles. The zero-order valence-electron chi connectivity index (χ0n) is 16.8. The van der Waals surface area contributed by atoms with E-state index in [1.54, 1.807) is 0 Å². The lowest BCUT2D eigenvalue weighted by molar-refractivity contribution is 0.746. The van der Waals surface area contributed by atoms with Gasteiger partial charge in [0, 0.05) is 17.2 Å². The molecule has 0 aliphatic heterocycles. The molecule has 3 heteroatoms. The average molecular weight is 367 g/mol. The third-order valence-electron chi connectivity index (χ3n) is 5.15. The summed E-state index contributed by atoms with van der Waals surface area (Å²) >= 11 is 0. The summed E-state index contributed by atoms with van der Waals surface area (Å²) in [6, 6.07) is 25.4. The van der Waals surface area contributed by atoms with E-state index in [0.717, 1.165) is 22.9 Å². The Balaban J connectivity index is 1.94. The van der Waals surface area contributed by atoms with Crippen LogP contribution in [0.2, 0.25) is 0 Å². The van der Waals surface area contributed by atoms with Gasteiger partial charge in [0.1, 0.15) is 5.82 Å². The molecule has 1 aromatic heterocycles. The smallest absolute Gasteiger partial charge is 0.168 e. The lowest BCUT2D eigenvalue weighted by atomic mass is 9.96. The maximum atomic E-state index is 4.54. The van der Waals surface area contributed by atoms with Crippen LogP contribution in [0, 0.1) is 13.8 Å². The van der Waals surface area contributed by atoms with Crippen molar-refractivity contribution in [3.63, 3.8) is 0 Å². The van der Waals surface area contributed by atoms with E-state index in [0.29, 0.717) is 0 Å². The van der Waals surface area contributed by atoms with Crippen LogP contribution in [0.1, 0.15) is 36.7 Å². The van der Waals surface area contributed by atoms with Crippen LogP contribution >= 0.6 is 0 Å². The Kier molecular flexibility index (Phi) is 4.82. The van der Waals surface area contributed by atoms with E-state index in [-0.39, 0.29) is 5.92 Å². The topological polar surface area (TPSA) is 30.7 Å². The van der Waals surface area contributed by atoms with Crippen molar-refractivity contribution < 1.29 is 0 Å². The van der Waals surface area contributed by atoms with Gasteiger partial charge in [-0.15, -0.1) is 10.2 Å². The summed E-state index contributed by atoms with van der Waals surface area (Å²) in [6.45, 7) is 8.64. The summed E-state index contributed by atoms with van der Waals surface area (Å²) in [7, 11) is 0. The van der Waals surface area contributed by atoms with E-state index in [1.165, 1.54) is 22.3 Å². The molecule has 3 nitrogen and oxygen atoms in total. The molecule has 1 heterocycles. The van der Waals surface area contributed by atoms with E-state index in [2.05, 4.69) is 97.1 Å². The molecule has 4 aromatic rings. The Labute approximate surface area is 166 Å². The summed E-state index contributed by atoms with van der Waals surface area (Å²) in [5, 5.41) is 9.06. The molecule has 3 aromatic carbocycles. The zero-order chi connectivity index (χ0) is 19.7. The van der Waals surface area contributed by atoms with E-state index in [4.69, 9.17) is 0 Å². The number of nitrogens with zero attached hydrogens (tertiary/aromatic N) is 3. The molecule has 4 rings (SSSR count). The second kappa shape index (κ2) is 7.43. The molecule has 0 spiro atoms. The first-order valence-corrected chi connectivity index (χ1v) is 9.74. The molecule has 28 heavy (non-hydrogen) atoms. The molecular weight excluding hydrogens is 342 g/mol. The maximum absolute atomic E-state index is 4.54. The highest BCUT2D eigenvalue weighted by molar-refractivity contribution is 5.73. The first kappa shape index (κ1) is 18.2. The second-order valence-electron chi connectivity index (χ2n) is 7.55. The zero-order valence-corrected chi connectivity index (χ0v) is 16.8. The summed E-state index contributed by atoms with van der Waals surface area (Å²) in [4.78, 5) is 0. The molecular formula is C25H25N3. The Morgan fingerprint density at radius 1 is 0.714 bits per heavy atom. The van der Waals surface area contributed by atoms with E-state index in [9.17, 15) is 0 Å². The van der Waals surface area contributed by atoms with Gasteiger partial charge >= 0.3 is 0 Å². The molecule has 0 saturated carbocycles. The van der Waals surface area contributed by atoms with Crippen LogP contribution in [0.5, 0.6) is 0 Å². The van der Waals surface area contributed by atoms with Crippen molar-refractivity contribution in [2.45, 2.75) is 33.6 Å². The van der Waals surface area contributed by atoms with Gasteiger partial charge in [-0.25, -0.2) is 0 Å². The van der Waals surface area contributed by atoms with Crippen molar-refractivity contribution >= 4 is 0 Å². The summed E-state index contributed by atoms with van der Waals surface area (Å²) < 4.78 is 2.20. The number of hydrogen-bond donors (Lipinski definition) is 0. The molecule has 0 N–H and O–H groups in total. The molecule has 0 saturated heterocycles. The predicted octanol–water partition coefficient (Wildman–Crippen LogP) is 6.34. The van der Waals surface area contributed by atoms with Crippen molar-refractivity contribution in [1.82, 2.24) is 14.8 Å². The van der Waals surface area contributed by atoms with E-state index in [1.807, 2.05) is 18.2 Å². The fraction of sp³-hybridized carbons (Fsp3) is 0.200. The van der Waals surface area contributed by atoms with Gasteiger partial charge in [0.2, 0.25) is 0 Å². The number of rotatable bonds is 4. The van der Waals surface area contributed by atoms with Crippen LogP contribution in [0.3, 0.4) is 0 Å². The fourth-order valence-electron chi connectivity index (χ4n) is 3.61. The Morgan fingerprint density at radius 2 is 1.39 bits per heavy atom. The highest BCUT2D eigenvalue weighted by Crippen LogP contribution is 2.32. The van der Waals surface area contributed by atoms with Crippen LogP contribution in [-0.4, -0.2) is 14.8 Å². The van der Waals surface area contributed by atoms with E-state index < -0.39 is 0 Å². The van der Waals surface area contributed by atoms with E-state index >= 15 is 0 Å². The van der Waals surface area contributed by atoms with Gasteiger partial charge in [-0.3, -0.25) is 4.57 Å². The highest BCUT2D eigenvalue weighted by Gasteiger charge is 2.18. The first-order valence-electron chi connectivity index (χ1n) is 9.74. The number of benzene rings is 3. The summed E-state index contributed by atoms with van der Waals surface area (Å²) in [5.41, 5.74) is 7.22. The molecule has 0 fully saturated rings. The predicted molar refractivity (Wildman–Crippen MR) is 116 cm³/mol. The first-order chi connectivity index (χ1) is 13.6. The van der Waals surface area contributed by atoms with Crippen LogP contribution in [0.25, 0.3) is 28.2 Å². The maximum Gasteiger partial charge on any atom is 0.168 e. The van der Waals surface area contributed by atoms with Crippen molar-refractivity contribution in [3.05, 3.63) is 89.7 Å². The summed E-state index contributed by atoms with van der Waals surface area (Å²) in [6.07, 6.45) is 0. The quantitative estimate of drug-likeness (QED) is 0.421. The van der Waals surface area contributed by atoms with Gasteiger partial charge < -0.3 is 0 Å². The fourth-order valence-corrected chi connectivity index (χ4v) is 3.61. The van der Waals surface area contributed by atoms with Crippen molar-refractivity contribution in [1.29, 1.82) is 0 Å². The van der Waals surface area contributed by atoms with Crippen LogP contribution in [0.4, 0.5) is 0 Å². The highest BCUT2D eigenvalue weighted by atomic mass is 15.3. The molecule has 140 valence electrons. The van der Waals surface area contributed by atoms with Crippen molar-refractivity contribution in [2.24, 2.45) is 0 Å². The van der Waals surface area contributed by atoms with Gasteiger partial charge in [0.25, 0.3) is 0 Å². The normalized spacial score (nSPS) is 11.2. The minimum absolute atomic E-state index is 0.271. The van der Waals surface area contributed by atoms with Crippen LogP contribution < -0.4 is 0 Å². The van der Waals surface area contributed by atoms with Gasteiger partial charge in [-0.05, 0) is 48.2 Å². The lowest BCUT2D eigenvalue weighted by Gasteiger charge is -2.16. The summed E-state index contributed by atoms with van der Waals surface area (Å²) in [5.74, 6) is 2.12. The third kappa shape index (κ3) is 3.24. The number of aryl methyl sites for hydroxylation is 2. The number of hydrogen-bond acceptors (Lipinski definition) is 2. The Morgan fingerprint density at radius 3 is 2.11 bits per heavy atom. The Hall–Kier alpha value is -3.20.